The molecule has 0 bridgehead atoms. The molecule has 0 atom stereocenters. The smallest absolute Gasteiger partial charge is 0.254 e. The van der Waals surface area contributed by atoms with Crippen LogP contribution in [0.15, 0.2) is 43.0 Å². The fourth-order valence-electron chi connectivity index (χ4n) is 3.01. The molecule has 2 aromatic carbocycles. The third-order valence-electron chi connectivity index (χ3n) is 4.71. The Hall–Kier alpha value is -3.55. The van der Waals surface area contributed by atoms with Crippen LogP contribution in [0.5, 0.6) is 0 Å². The van der Waals surface area contributed by atoms with Gasteiger partial charge in [0.05, 0.1) is 22.3 Å². The van der Waals surface area contributed by atoms with Gasteiger partial charge >= 0.3 is 0 Å². The minimum absolute atomic E-state index is 0.00678. The zero-order valence-corrected chi connectivity index (χ0v) is 15.5. The average molecular weight is 378 g/mol. The Morgan fingerprint density at radius 2 is 1.89 bits per heavy atom. The lowest BCUT2D eigenvalue weighted by molar-refractivity contribution is 0.0950. The quantitative estimate of drug-likeness (QED) is 0.559. The molecule has 28 heavy (non-hydrogen) atoms. The first-order valence-corrected chi connectivity index (χ1v) is 8.90. The van der Waals surface area contributed by atoms with Crippen LogP contribution in [-0.4, -0.2) is 37.2 Å². The molecule has 0 aliphatic rings. The van der Waals surface area contributed by atoms with Gasteiger partial charge < -0.3 is 10.3 Å². The van der Waals surface area contributed by atoms with Gasteiger partial charge in [-0.05, 0) is 55.3 Å². The summed E-state index contributed by atoms with van der Waals surface area (Å²) >= 11 is 0. The van der Waals surface area contributed by atoms with Crippen LogP contribution in [0, 0.1) is 19.7 Å². The van der Waals surface area contributed by atoms with E-state index in [1.165, 1.54) is 35.9 Å². The molecule has 0 aliphatic carbocycles. The zero-order chi connectivity index (χ0) is 19.7. The van der Waals surface area contributed by atoms with Crippen LogP contribution in [0.25, 0.3) is 16.7 Å². The summed E-state index contributed by atoms with van der Waals surface area (Å²) in [5.41, 5.74) is 4.80. The van der Waals surface area contributed by atoms with E-state index in [4.69, 9.17) is 0 Å². The number of carbonyl (C=O) groups is 1. The second kappa shape index (κ2) is 7.22. The van der Waals surface area contributed by atoms with Gasteiger partial charge in [-0.25, -0.2) is 9.37 Å². The van der Waals surface area contributed by atoms with Crippen LogP contribution in [-0.2, 0) is 6.42 Å². The summed E-state index contributed by atoms with van der Waals surface area (Å²) in [6.45, 7) is 4.45. The SMILES string of the molecule is Cc1cc2nc(CCNC(=O)c3ccc(-n4cnnc4)cc3F)[nH]c2cc1C. The van der Waals surface area contributed by atoms with Crippen LogP contribution < -0.4 is 5.32 Å². The molecule has 4 rings (SSSR count). The van der Waals surface area contributed by atoms with Gasteiger partial charge in [-0.3, -0.25) is 9.36 Å². The molecule has 8 heteroatoms. The average Bonchev–Trinajstić information content (AvgIpc) is 3.32. The minimum atomic E-state index is -0.599. The first-order valence-electron chi connectivity index (χ1n) is 8.90. The van der Waals surface area contributed by atoms with Crippen molar-refractivity contribution in [3.63, 3.8) is 0 Å². The lowest BCUT2D eigenvalue weighted by Gasteiger charge is -2.07. The van der Waals surface area contributed by atoms with Crippen LogP contribution >= 0.6 is 0 Å². The topological polar surface area (TPSA) is 88.5 Å². The maximum Gasteiger partial charge on any atom is 0.254 e. The first-order chi connectivity index (χ1) is 13.5. The number of halogens is 1. The maximum absolute atomic E-state index is 14.3. The van der Waals surface area contributed by atoms with E-state index < -0.39 is 11.7 Å². The first kappa shape index (κ1) is 17.8. The molecule has 0 radical (unpaired) electrons. The molecule has 1 amide bonds. The standard InChI is InChI=1S/C20H19FN6O/c1-12-7-17-18(8-13(12)2)26-19(25-17)5-6-22-20(28)15-4-3-14(9-16(15)21)27-10-23-24-11-27/h3-4,7-11H,5-6H2,1-2H3,(H,22,28)(H,25,26). The van der Waals surface area contributed by atoms with Gasteiger partial charge in [0.15, 0.2) is 0 Å². The molecule has 4 aromatic rings. The van der Waals surface area contributed by atoms with Gasteiger partial charge in [-0.15, -0.1) is 10.2 Å². The molecule has 0 unspecified atom stereocenters. The highest BCUT2D eigenvalue weighted by Gasteiger charge is 2.13. The molecular formula is C20H19FN6O. The summed E-state index contributed by atoms with van der Waals surface area (Å²) in [6.07, 6.45) is 3.45. The lowest BCUT2D eigenvalue weighted by Crippen LogP contribution is -2.26. The van der Waals surface area contributed by atoms with E-state index in [1.807, 2.05) is 13.0 Å². The highest BCUT2D eigenvalue weighted by atomic mass is 19.1. The number of rotatable bonds is 5. The van der Waals surface area contributed by atoms with Crippen molar-refractivity contribution in [1.29, 1.82) is 0 Å². The van der Waals surface area contributed by atoms with Crippen molar-refractivity contribution in [2.45, 2.75) is 20.3 Å². The Bertz CT molecular complexity index is 1110. The highest BCUT2D eigenvalue weighted by Crippen LogP contribution is 2.17. The van der Waals surface area contributed by atoms with E-state index in [1.54, 1.807) is 10.6 Å². The Morgan fingerprint density at radius 1 is 1.14 bits per heavy atom. The van der Waals surface area contributed by atoms with Crippen molar-refractivity contribution < 1.29 is 9.18 Å². The Labute approximate surface area is 160 Å². The summed E-state index contributed by atoms with van der Waals surface area (Å²) in [6, 6.07) is 8.47. The third kappa shape index (κ3) is 3.48. The second-order valence-electron chi connectivity index (χ2n) is 6.68. The van der Waals surface area contributed by atoms with Gasteiger partial charge in [0, 0.05) is 13.0 Å². The second-order valence-corrected chi connectivity index (χ2v) is 6.68. The van der Waals surface area contributed by atoms with Gasteiger partial charge in [-0.2, -0.15) is 0 Å². The normalized spacial score (nSPS) is 11.1. The Morgan fingerprint density at radius 3 is 2.64 bits per heavy atom. The molecular weight excluding hydrogens is 359 g/mol. The molecule has 0 saturated heterocycles. The van der Waals surface area contributed by atoms with Crippen molar-refractivity contribution in [1.82, 2.24) is 30.0 Å². The summed E-state index contributed by atoms with van der Waals surface area (Å²) in [5.74, 6) is -0.280. The minimum Gasteiger partial charge on any atom is -0.351 e. The number of imidazole rings is 1. The predicted molar refractivity (Wildman–Crippen MR) is 103 cm³/mol. The van der Waals surface area contributed by atoms with Crippen LogP contribution in [0.4, 0.5) is 4.39 Å². The largest absolute Gasteiger partial charge is 0.351 e. The van der Waals surface area contributed by atoms with Crippen LogP contribution in [0.1, 0.15) is 27.3 Å². The molecule has 0 spiro atoms. The number of carbonyl (C=O) groups excluding carboxylic acids is 1. The summed E-state index contributed by atoms with van der Waals surface area (Å²) in [4.78, 5) is 20.1. The zero-order valence-electron chi connectivity index (χ0n) is 15.5. The highest BCUT2D eigenvalue weighted by molar-refractivity contribution is 5.94. The molecule has 2 aromatic heterocycles. The fourth-order valence-corrected chi connectivity index (χ4v) is 3.01. The van der Waals surface area contributed by atoms with E-state index in [0.717, 1.165) is 16.9 Å². The number of hydrogen-bond donors (Lipinski definition) is 2. The molecule has 2 heterocycles. The van der Waals surface area contributed by atoms with E-state index in [-0.39, 0.29) is 5.56 Å². The number of amides is 1. The summed E-state index contributed by atoms with van der Waals surface area (Å²) < 4.78 is 15.9. The number of aromatic amines is 1. The van der Waals surface area contributed by atoms with Crippen molar-refractivity contribution >= 4 is 16.9 Å². The molecule has 0 saturated carbocycles. The number of H-pyrrole nitrogens is 1. The number of nitrogens with one attached hydrogen (secondary N) is 2. The number of hydrogen-bond acceptors (Lipinski definition) is 4. The number of nitrogens with zero attached hydrogens (tertiary/aromatic N) is 4. The number of fused-ring (bicyclic) bond motifs is 1. The monoisotopic (exact) mass is 378 g/mol. The van der Waals surface area contributed by atoms with E-state index in [0.29, 0.717) is 18.7 Å². The summed E-state index contributed by atoms with van der Waals surface area (Å²) in [7, 11) is 0. The van der Waals surface area contributed by atoms with Crippen LogP contribution in [0.2, 0.25) is 0 Å². The molecule has 0 aliphatic heterocycles. The lowest BCUT2D eigenvalue weighted by atomic mass is 10.1. The molecule has 0 fully saturated rings. The van der Waals surface area contributed by atoms with E-state index >= 15 is 0 Å². The van der Waals surface area contributed by atoms with Crippen molar-refractivity contribution in [3.05, 3.63) is 71.3 Å². The number of benzene rings is 2. The van der Waals surface area contributed by atoms with Gasteiger partial charge in [0.1, 0.15) is 24.3 Å². The van der Waals surface area contributed by atoms with E-state index in [9.17, 15) is 9.18 Å². The van der Waals surface area contributed by atoms with Gasteiger partial charge in [0.25, 0.3) is 5.91 Å². The molecule has 2 N–H and O–H groups in total. The van der Waals surface area contributed by atoms with Crippen molar-refractivity contribution in [2.24, 2.45) is 0 Å². The number of aryl methyl sites for hydroxylation is 2. The molecule has 142 valence electrons. The number of aromatic nitrogens is 5. The fraction of sp³-hybridized carbons (Fsp3) is 0.200. The van der Waals surface area contributed by atoms with E-state index in [2.05, 4.69) is 38.5 Å². The summed E-state index contributed by atoms with van der Waals surface area (Å²) in [5, 5.41) is 10.1. The van der Waals surface area contributed by atoms with Crippen molar-refractivity contribution in [2.75, 3.05) is 6.54 Å². The van der Waals surface area contributed by atoms with Crippen LogP contribution in [0.3, 0.4) is 0 Å². The maximum atomic E-state index is 14.3. The Kier molecular flexibility index (Phi) is 4.60. The van der Waals surface area contributed by atoms with Gasteiger partial charge in [0.2, 0.25) is 0 Å². The van der Waals surface area contributed by atoms with Crippen molar-refractivity contribution in [3.8, 4) is 5.69 Å². The third-order valence-corrected chi connectivity index (χ3v) is 4.71. The Balaban J connectivity index is 1.40. The molecule has 7 nitrogen and oxygen atoms in total. The van der Waals surface area contributed by atoms with Gasteiger partial charge in [-0.1, -0.05) is 0 Å². The predicted octanol–water partition coefficient (Wildman–Crippen LogP) is 2.87.